The summed E-state index contributed by atoms with van der Waals surface area (Å²) in [6.07, 6.45) is 0. The summed E-state index contributed by atoms with van der Waals surface area (Å²) in [5.41, 5.74) is 4.86. The van der Waals surface area contributed by atoms with E-state index < -0.39 is 0 Å². The second-order valence-electron chi connectivity index (χ2n) is 6.33. The number of aromatic amines is 1. The molecule has 5 rings (SSSR count). The van der Waals surface area contributed by atoms with E-state index in [0.29, 0.717) is 5.02 Å². The molecule has 26 heavy (non-hydrogen) atoms. The van der Waals surface area contributed by atoms with E-state index in [1.165, 1.54) is 4.90 Å². The number of aromatic nitrogens is 1. The van der Waals surface area contributed by atoms with Crippen LogP contribution in [0.1, 0.15) is 16.4 Å². The van der Waals surface area contributed by atoms with Crippen molar-refractivity contribution in [3.05, 3.63) is 99.2 Å². The molecular formula is C22H14ClNOS. The topological polar surface area (TPSA) is 32.9 Å². The van der Waals surface area contributed by atoms with Crippen LogP contribution in [0.25, 0.3) is 22.2 Å². The number of hydrogen-bond acceptors (Lipinski definition) is 2. The molecule has 126 valence electrons. The van der Waals surface area contributed by atoms with Crippen molar-refractivity contribution in [1.82, 2.24) is 4.98 Å². The van der Waals surface area contributed by atoms with Gasteiger partial charge in [-0.05, 0) is 35.9 Å². The summed E-state index contributed by atoms with van der Waals surface area (Å²) < 4.78 is 0. The highest BCUT2D eigenvalue weighted by Gasteiger charge is 2.30. The second kappa shape index (κ2) is 6.04. The first-order chi connectivity index (χ1) is 12.7. The van der Waals surface area contributed by atoms with E-state index in [1.807, 2.05) is 60.7 Å². The normalized spacial score (nSPS) is 15.5. The molecule has 0 radical (unpaired) electrons. The number of benzene rings is 3. The summed E-state index contributed by atoms with van der Waals surface area (Å²) >= 11 is 7.78. The summed E-state index contributed by atoms with van der Waals surface area (Å²) in [6.45, 7) is 0. The molecule has 4 aromatic rings. The van der Waals surface area contributed by atoms with Crippen molar-refractivity contribution in [3.8, 4) is 11.3 Å². The molecule has 0 fully saturated rings. The summed E-state index contributed by atoms with van der Waals surface area (Å²) in [5, 5.41) is 1.36. The van der Waals surface area contributed by atoms with Crippen molar-refractivity contribution in [2.24, 2.45) is 0 Å². The van der Waals surface area contributed by atoms with E-state index in [-0.39, 0.29) is 10.7 Å². The van der Waals surface area contributed by atoms with Crippen LogP contribution in [0, 0.1) is 0 Å². The highest BCUT2D eigenvalue weighted by molar-refractivity contribution is 8.00. The minimum absolute atomic E-state index is 0.0643. The summed E-state index contributed by atoms with van der Waals surface area (Å²) in [7, 11) is 0. The maximum Gasteiger partial charge on any atom is 0.194 e. The lowest BCUT2D eigenvalue weighted by molar-refractivity contribution is 1.09. The first-order valence-corrected chi connectivity index (χ1v) is 9.64. The van der Waals surface area contributed by atoms with Gasteiger partial charge in [-0.1, -0.05) is 54.1 Å². The molecule has 0 spiro atoms. The average molecular weight is 376 g/mol. The molecule has 4 heteroatoms. The number of halogens is 1. The van der Waals surface area contributed by atoms with Gasteiger partial charge in [0.05, 0.1) is 10.9 Å². The fraction of sp³-hybridized carbons (Fsp3) is 0.0455. The average Bonchev–Trinajstić information content (AvgIpc) is 2.68. The molecule has 1 unspecified atom stereocenters. The third-order valence-electron chi connectivity index (χ3n) is 4.78. The first kappa shape index (κ1) is 15.7. The zero-order chi connectivity index (χ0) is 17.7. The number of para-hydroxylation sites is 1. The molecule has 0 aliphatic carbocycles. The molecule has 3 aromatic carbocycles. The molecule has 1 aliphatic rings. The van der Waals surface area contributed by atoms with Gasteiger partial charge in [-0.3, -0.25) is 4.79 Å². The zero-order valence-electron chi connectivity index (χ0n) is 13.7. The van der Waals surface area contributed by atoms with Crippen LogP contribution in [0.3, 0.4) is 0 Å². The zero-order valence-corrected chi connectivity index (χ0v) is 15.3. The lowest BCUT2D eigenvalue weighted by Gasteiger charge is -2.27. The SMILES string of the molecule is O=c1c2c([nH]c3ccccc13)-c1ccccc1SC2c1ccc(Cl)cc1. The Hall–Kier alpha value is -2.49. The molecule has 0 saturated carbocycles. The highest BCUT2D eigenvalue weighted by atomic mass is 35.5. The van der Waals surface area contributed by atoms with Gasteiger partial charge in [0.2, 0.25) is 0 Å². The summed E-state index contributed by atoms with van der Waals surface area (Å²) in [6, 6.07) is 23.7. The predicted octanol–water partition coefficient (Wildman–Crippen LogP) is 6.04. The molecule has 2 nitrogen and oxygen atoms in total. The number of hydrogen-bond donors (Lipinski definition) is 1. The Morgan fingerprint density at radius 3 is 2.46 bits per heavy atom. The van der Waals surface area contributed by atoms with Crippen molar-refractivity contribution in [3.63, 3.8) is 0 Å². The number of H-pyrrole nitrogens is 1. The van der Waals surface area contributed by atoms with E-state index >= 15 is 0 Å². The quantitative estimate of drug-likeness (QED) is 0.439. The molecule has 0 saturated heterocycles. The van der Waals surface area contributed by atoms with Crippen molar-refractivity contribution >= 4 is 34.3 Å². The third kappa shape index (κ3) is 2.39. The Bertz CT molecular complexity index is 1200. The van der Waals surface area contributed by atoms with Crippen LogP contribution in [0.15, 0.2) is 82.5 Å². The Morgan fingerprint density at radius 2 is 1.62 bits per heavy atom. The van der Waals surface area contributed by atoms with E-state index in [2.05, 4.69) is 17.1 Å². The lowest BCUT2D eigenvalue weighted by Crippen LogP contribution is -2.19. The molecule has 1 atom stereocenters. The van der Waals surface area contributed by atoms with Crippen LogP contribution in [0.4, 0.5) is 0 Å². The molecule has 0 amide bonds. The molecule has 1 aliphatic heterocycles. The fourth-order valence-corrected chi connectivity index (χ4v) is 5.02. The van der Waals surface area contributed by atoms with Gasteiger partial charge in [0.25, 0.3) is 0 Å². The third-order valence-corrected chi connectivity index (χ3v) is 6.39. The van der Waals surface area contributed by atoms with Gasteiger partial charge in [0.1, 0.15) is 0 Å². The molecule has 1 N–H and O–H groups in total. The Labute approximate surface area is 159 Å². The predicted molar refractivity (Wildman–Crippen MR) is 109 cm³/mol. The van der Waals surface area contributed by atoms with Crippen LogP contribution in [-0.2, 0) is 0 Å². The van der Waals surface area contributed by atoms with Crippen molar-refractivity contribution < 1.29 is 0 Å². The lowest BCUT2D eigenvalue weighted by atomic mass is 9.96. The van der Waals surface area contributed by atoms with Gasteiger partial charge in [0.15, 0.2) is 5.43 Å². The monoisotopic (exact) mass is 375 g/mol. The van der Waals surface area contributed by atoms with Crippen molar-refractivity contribution in [2.75, 3.05) is 0 Å². The van der Waals surface area contributed by atoms with Crippen molar-refractivity contribution in [1.29, 1.82) is 0 Å². The smallest absolute Gasteiger partial charge is 0.194 e. The molecule has 0 bridgehead atoms. The fourth-order valence-electron chi connectivity index (χ4n) is 3.55. The number of rotatable bonds is 1. The van der Waals surface area contributed by atoms with Crippen LogP contribution in [-0.4, -0.2) is 4.98 Å². The largest absolute Gasteiger partial charge is 0.354 e. The Balaban J connectivity index is 1.86. The summed E-state index contributed by atoms with van der Waals surface area (Å²) in [4.78, 5) is 18.1. The van der Waals surface area contributed by atoms with Gasteiger partial charge in [-0.2, -0.15) is 0 Å². The van der Waals surface area contributed by atoms with E-state index in [0.717, 1.165) is 33.3 Å². The number of nitrogens with one attached hydrogen (secondary N) is 1. The van der Waals surface area contributed by atoms with Crippen LogP contribution < -0.4 is 5.43 Å². The minimum atomic E-state index is -0.0643. The maximum atomic E-state index is 13.4. The van der Waals surface area contributed by atoms with Crippen LogP contribution in [0.2, 0.25) is 5.02 Å². The summed E-state index contributed by atoms with van der Waals surface area (Å²) in [5.74, 6) is 0. The Morgan fingerprint density at radius 1 is 0.885 bits per heavy atom. The van der Waals surface area contributed by atoms with E-state index in [4.69, 9.17) is 11.6 Å². The van der Waals surface area contributed by atoms with E-state index in [9.17, 15) is 4.79 Å². The standard InChI is InChI=1S/C22H14ClNOS/c23-14-11-9-13(10-12-14)22-19-20(16-6-2-4-8-18(16)26-22)24-17-7-3-1-5-15(17)21(19)25/h1-12,22H,(H,24,25). The van der Waals surface area contributed by atoms with Gasteiger partial charge < -0.3 is 4.98 Å². The number of thioether (sulfide) groups is 1. The van der Waals surface area contributed by atoms with Crippen molar-refractivity contribution in [2.45, 2.75) is 10.1 Å². The van der Waals surface area contributed by atoms with Gasteiger partial charge in [0, 0.05) is 31.9 Å². The molecule has 2 heterocycles. The Kier molecular flexibility index (Phi) is 3.66. The molecule has 1 aromatic heterocycles. The van der Waals surface area contributed by atoms with Gasteiger partial charge in [-0.25, -0.2) is 0 Å². The highest BCUT2D eigenvalue weighted by Crippen LogP contribution is 2.50. The first-order valence-electron chi connectivity index (χ1n) is 8.39. The second-order valence-corrected chi connectivity index (χ2v) is 7.92. The molecular weight excluding hydrogens is 362 g/mol. The minimum Gasteiger partial charge on any atom is -0.354 e. The maximum absolute atomic E-state index is 13.4. The van der Waals surface area contributed by atoms with Gasteiger partial charge in [-0.15, -0.1) is 11.8 Å². The number of pyridine rings is 1. The van der Waals surface area contributed by atoms with Crippen LogP contribution in [0.5, 0.6) is 0 Å². The number of fused-ring (bicyclic) bond motifs is 4. The van der Waals surface area contributed by atoms with Crippen LogP contribution >= 0.6 is 23.4 Å². The van der Waals surface area contributed by atoms with Gasteiger partial charge >= 0.3 is 0 Å². The van der Waals surface area contributed by atoms with E-state index in [1.54, 1.807) is 11.8 Å².